The first kappa shape index (κ1) is 9.60. The van der Waals surface area contributed by atoms with Gasteiger partial charge in [0.2, 0.25) is 0 Å². The largest absolute Gasteiger partial charge is 0.328 e. The summed E-state index contributed by atoms with van der Waals surface area (Å²) in [7, 11) is 0. The van der Waals surface area contributed by atoms with Crippen molar-refractivity contribution < 1.29 is 0 Å². The van der Waals surface area contributed by atoms with Crippen LogP contribution in [0.3, 0.4) is 0 Å². The zero-order valence-electron chi connectivity index (χ0n) is 8.17. The normalized spacial score (nSPS) is 16.2. The molecule has 0 radical (unpaired) electrons. The highest BCUT2D eigenvalue weighted by molar-refractivity contribution is 9.10. The van der Waals surface area contributed by atoms with Crippen LogP contribution in [-0.4, -0.2) is 14.5 Å². The van der Waals surface area contributed by atoms with E-state index in [2.05, 4.69) is 36.7 Å². The van der Waals surface area contributed by atoms with Gasteiger partial charge in [0.25, 0.3) is 0 Å². The summed E-state index contributed by atoms with van der Waals surface area (Å²) in [6, 6.07) is 0.601. The van der Waals surface area contributed by atoms with Gasteiger partial charge >= 0.3 is 0 Å². The molecule has 2 aromatic rings. The summed E-state index contributed by atoms with van der Waals surface area (Å²) in [5.74, 6) is 0.722. The molecule has 0 bridgehead atoms. The highest BCUT2D eigenvalue weighted by Gasteiger charge is 2.27. The van der Waals surface area contributed by atoms with Crippen LogP contribution in [-0.2, 0) is 0 Å². The van der Waals surface area contributed by atoms with Gasteiger partial charge in [0.15, 0.2) is 0 Å². The van der Waals surface area contributed by atoms with E-state index < -0.39 is 0 Å². The minimum absolute atomic E-state index is 0.531. The van der Waals surface area contributed by atoms with E-state index in [0.29, 0.717) is 11.2 Å². The number of aromatic nitrogens is 3. The molecule has 1 aliphatic rings. The molecule has 5 heteroatoms. The van der Waals surface area contributed by atoms with E-state index >= 15 is 0 Å². The molecule has 0 N–H and O–H groups in total. The number of hydrogen-bond acceptors (Lipinski definition) is 2. The number of rotatable bonds is 1. The topological polar surface area (TPSA) is 30.7 Å². The van der Waals surface area contributed by atoms with Crippen LogP contribution in [0.5, 0.6) is 0 Å². The lowest BCUT2D eigenvalue weighted by molar-refractivity contribution is 0.762. The summed E-state index contributed by atoms with van der Waals surface area (Å²) in [6.45, 7) is 1.86. The van der Waals surface area contributed by atoms with Crippen LogP contribution in [0, 0.1) is 6.92 Å². The number of nitrogens with zero attached hydrogens (tertiary/aromatic N) is 3. The molecule has 1 saturated carbocycles. The first-order valence-corrected chi connectivity index (χ1v) is 6.04. The van der Waals surface area contributed by atoms with Gasteiger partial charge in [-0.15, -0.1) is 0 Å². The number of aryl methyl sites for hydroxylation is 1. The molecule has 3 nitrogen and oxygen atoms in total. The quantitative estimate of drug-likeness (QED) is 0.751. The maximum atomic E-state index is 6.11. The van der Waals surface area contributed by atoms with Crippen molar-refractivity contribution in [3.63, 3.8) is 0 Å². The van der Waals surface area contributed by atoms with Gasteiger partial charge in [0.05, 0.1) is 5.39 Å². The summed E-state index contributed by atoms with van der Waals surface area (Å²) in [5.41, 5.74) is 0.946. The van der Waals surface area contributed by atoms with Crippen molar-refractivity contribution in [1.29, 1.82) is 0 Å². The molecule has 0 spiro atoms. The van der Waals surface area contributed by atoms with Crippen molar-refractivity contribution in [1.82, 2.24) is 14.5 Å². The maximum Gasteiger partial charge on any atom is 0.146 e. The van der Waals surface area contributed by atoms with Gasteiger partial charge in [0, 0.05) is 16.7 Å². The molecule has 0 aromatic carbocycles. The Morgan fingerprint density at radius 2 is 2.20 bits per heavy atom. The highest BCUT2D eigenvalue weighted by Crippen LogP contribution is 2.40. The van der Waals surface area contributed by atoms with Gasteiger partial charge in [-0.2, -0.15) is 0 Å². The lowest BCUT2D eigenvalue weighted by Crippen LogP contribution is -1.96. The van der Waals surface area contributed by atoms with Crippen LogP contribution in [0.2, 0.25) is 5.15 Å². The fourth-order valence-electron chi connectivity index (χ4n) is 1.80. The highest BCUT2D eigenvalue weighted by atomic mass is 79.9. The third-order valence-electron chi connectivity index (χ3n) is 2.63. The molecule has 78 valence electrons. The molecule has 0 aliphatic heterocycles. The Balaban J connectivity index is 2.38. The van der Waals surface area contributed by atoms with E-state index in [1.807, 2.05) is 6.92 Å². The lowest BCUT2D eigenvalue weighted by atomic mass is 10.4. The van der Waals surface area contributed by atoms with Crippen LogP contribution in [0.4, 0.5) is 0 Å². The van der Waals surface area contributed by atoms with E-state index in [0.717, 1.165) is 21.3 Å². The maximum absolute atomic E-state index is 6.11. The average Bonchev–Trinajstić information content (AvgIpc) is 2.92. The van der Waals surface area contributed by atoms with E-state index in [1.54, 1.807) is 0 Å². The van der Waals surface area contributed by atoms with Gasteiger partial charge in [0.1, 0.15) is 16.6 Å². The van der Waals surface area contributed by atoms with Gasteiger partial charge < -0.3 is 4.57 Å². The van der Waals surface area contributed by atoms with Gasteiger partial charge in [-0.05, 0) is 35.7 Å². The van der Waals surface area contributed by atoms with Crippen molar-refractivity contribution in [2.24, 2.45) is 0 Å². The Morgan fingerprint density at radius 3 is 2.87 bits per heavy atom. The third-order valence-corrected chi connectivity index (χ3v) is 3.51. The fourth-order valence-corrected chi connectivity index (χ4v) is 2.80. The second-order valence-electron chi connectivity index (χ2n) is 3.88. The predicted molar refractivity (Wildman–Crippen MR) is 63.2 cm³/mol. The van der Waals surface area contributed by atoms with Gasteiger partial charge in [-0.25, -0.2) is 9.97 Å². The molecular weight excluding hydrogens is 277 g/mol. The number of halogens is 2. The second kappa shape index (κ2) is 3.19. The summed E-state index contributed by atoms with van der Waals surface area (Å²) in [6.07, 6.45) is 4.52. The van der Waals surface area contributed by atoms with Crippen molar-refractivity contribution in [2.75, 3.05) is 0 Å². The molecule has 3 rings (SSSR count). The van der Waals surface area contributed by atoms with Crippen molar-refractivity contribution >= 4 is 38.6 Å². The monoisotopic (exact) mass is 285 g/mol. The van der Waals surface area contributed by atoms with Crippen LogP contribution >= 0.6 is 27.5 Å². The van der Waals surface area contributed by atoms with E-state index in [9.17, 15) is 0 Å². The smallest absolute Gasteiger partial charge is 0.146 e. The molecule has 0 atom stereocenters. The van der Waals surface area contributed by atoms with Crippen LogP contribution in [0.15, 0.2) is 10.7 Å². The number of fused-ring (bicyclic) bond motifs is 1. The van der Waals surface area contributed by atoms with E-state index in [-0.39, 0.29) is 0 Å². The SMILES string of the molecule is Cc1nc(Cl)c2c(Br)cn(C3CC3)c2n1. The first-order chi connectivity index (χ1) is 7.16. The Hall–Kier alpha value is -0.610. The minimum Gasteiger partial charge on any atom is -0.328 e. The van der Waals surface area contributed by atoms with Crippen LogP contribution in [0.25, 0.3) is 11.0 Å². The summed E-state index contributed by atoms with van der Waals surface area (Å²) >= 11 is 9.62. The minimum atomic E-state index is 0.531. The number of hydrogen-bond donors (Lipinski definition) is 0. The zero-order chi connectivity index (χ0) is 10.6. The first-order valence-electron chi connectivity index (χ1n) is 4.87. The Morgan fingerprint density at radius 1 is 1.47 bits per heavy atom. The standard InChI is InChI=1S/C10H9BrClN3/c1-5-13-9(12)8-7(11)4-15(6-2-3-6)10(8)14-5/h4,6H,2-3H2,1H3. The zero-order valence-corrected chi connectivity index (χ0v) is 10.5. The second-order valence-corrected chi connectivity index (χ2v) is 5.09. The molecule has 1 fully saturated rings. The lowest BCUT2D eigenvalue weighted by Gasteiger charge is -2.02. The Labute approximate surface area is 101 Å². The average molecular weight is 287 g/mol. The van der Waals surface area contributed by atoms with Crippen LogP contribution in [0.1, 0.15) is 24.7 Å². The van der Waals surface area contributed by atoms with Crippen molar-refractivity contribution in [3.8, 4) is 0 Å². The summed E-state index contributed by atoms with van der Waals surface area (Å²) in [4.78, 5) is 8.62. The molecule has 2 heterocycles. The molecule has 2 aromatic heterocycles. The molecule has 0 amide bonds. The van der Waals surface area contributed by atoms with E-state index in [1.165, 1.54) is 12.8 Å². The molecule has 0 saturated heterocycles. The van der Waals surface area contributed by atoms with Gasteiger partial charge in [-0.3, -0.25) is 0 Å². The van der Waals surface area contributed by atoms with Crippen LogP contribution < -0.4 is 0 Å². The third kappa shape index (κ3) is 1.47. The molecular formula is C10H9BrClN3. The Kier molecular flexibility index (Phi) is 2.04. The van der Waals surface area contributed by atoms with Gasteiger partial charge in [-0.1, -0.05) is 11.6 Å². The molecule has 1 aliphatic carbocycles. The molecule has 15 heavy (non-hydrogen) atoms. The summed E-state index contributed by atoms with van der Waals surface area (Å²) in [5, 5.41) is 1.46. The Bertz CT molecular complexity index is 545. The van der Waals surface area contributed by atoms with E-state index in [4.69, 9.17) is 11.6 Å². The summed E-state index contributed by atoms with van der Waals surface area (Å²) < 4.78 is 3.18. The van der Waals surface area contributed by atoms with Crippen molar-refractivity contribution in [3.05, 3.63) is 21.6 Å². The fraction of sp³-hybridized carbons (Fsp3) is 0.400. The predicted octanol–water partition coefficient (Wildman–Crippen LogP) is 3.49. The molecule has 0 unspecified atom stereocenters. The van der Waals surface area contributed by atoms with Crippen molar-refractivity contribution in [2.45, 2.75) is 25.8 Å².